The highest BCUT2D eigenvalue weighted by Crippen LogP contribution is 2.01. The van der Waals surface area contributed by atoms with Crippen molar-refractivity contribution in [3.8, 4) is 0 Å². The zero-order chi connectivity index (χ0) is 6.69. The summed E-state index contributed by atoms with van der Waals surface area (Å²) in [4.78, 5) is 11.6. The maximum absolute atomic E-state index is 3.96. The number of halogens is 2. The molecule has 0 aromatic carbocycles. The topological polar surface area (TPSA) is 37.1 Å². The van der Waals surface area contributed by atoms with Crippen molar-refractivity contribution in [2.24, 2.45) is 15.0 Å². The van der Waals surface area contributed by atoms with Gasteiger partial charge in [-0.3, -0.25) is 0 Å². The lowest BCUT2D eigenvalue weighted by atomic mass is 11.0. The van der Waals surface area contributed by atoms with Crippen LogP contribution < -0.4 is 0 Å². The molecule has 0 unspecified atom stereocenters. The smallest absolute Gasteiger partial charge is 0.201 e. The third kappa shape index (κ3) is 2.55. The van der Waals surface area contributed by atoms with Crippen molar-refractivity contribution in [1.29, 1.82) is 0 Å². The van der Waals surface area contributed by atoms with E-state index in [4.69, 9.17) is 0 Å². The molecule has 0 atom stereocenters. The molecule has 0 bridgehead atoms. The van der Waals surface area contributed by atoms with Gasteiger partial charge < -0.3 is 0 Å². The first-order valence-corrected chi connectivity index (χ1v) is 4.20. The van der Waals surface area contributed by atoms with Crippen LogP contribution >= 0.6 is 45.2 Å². The predicted octanol–water partition coefficient (Wildman–Crippen LogP) is 1.77. The van der Waals surface area contributed by atoms with Crippen LogP contribution in [0.5, 0.6) is 0 Å². The van der Waals surface area contributed by atoms with Gasteiger partial charge in [-0.2, -0.15) is 9.98 Å². The Labute approximate surface area is 79.3 Å². The van der Waals surface area contributed by atoms with Crippen LogP contribution in [-0.4, -0.2) is 13.6 Å². The van der Waals surface area contributed by atoms with Crippen molar-refractivity contribution >= 4 is 58.7 Å². The van der Waals surface area contributed by atoms with Crippen molar-refractivity contribution in [2.45, 2.75) is 0 Å². The molecule has 0 N–H and O–H groups in total. The van der Waals surface area contributed by atoms with E-state index in [1.165, 1.54) is 6.20 Å². The molecule has 0 aromatic heterocycles. The summed E-state index contributed by atoms with van der Waals surface area (Å²) in [5.41, 5.74) is 0. The van der Waals surface area contributed by atoms with E-state index < -0.39 is 0 Å². The van der Waals surface area contributed by atoms with Gasteiger partial charge in [-0.25, -0.2) is 4.99 Å². The van der Waals surface area contributed by atoms with E-state index in [9.17, 15) is 0 Å². The minimum absolute atomic E-state index is 0.662. The number of aliphatic imine (C=N–C) groups is 3. The second-order valence-corrected chi connectivity index (χ2v) is 3.08. The molecular weight excluding hydrogens is 344 g/mol. The van der Waals surface area contributed by atoms with Crippen LogP contribution in [0.25, 0.3) is 0 Å². The molecule has 5 heteroatoms. The molecule has 1 aliphatic heterocycles. The van der Waals surface area contributed by atoms with Gasteiger partial charge in [0.15, 0.2) is 3.84 Å². The number of hydrogen-bond donors (Lipinski definition) is 0. The lowest BCUT2D eigenvalue weighted by Crippen LogP contribution is -1.81. The minimum atomic E-state index is 0.662. The molecule has 0 aliphatic carbocycles. The molecule has 0 radical (unpaired) electrons. The normalized spacial score (nSPS) is 16.7. The van der Waals surface area contributed by atoms with Gasteiger partial charge >= 0.3 is 0 Å². The Balaban J connectivity index is 3.00. The Bertz CT molecular complexity index is 234. The first kappa shape index (κ1) is 7.36. The first-order chi connectivity index (χ1) is 4.29. The summed E-state index contributed by atoms with van der Waals surface area (Å²) >= 11 is 4.04. The molecule has 0 fully saturated rings. The van der Waals surface area contributed by atoms with Gasteiger partial charge in [0.25, 0.3) is 0 Å². The van der Waals surface area contributed by atoms with Gasteiger partial charge in [0.2, 0.25) is 3.84 Å². The second-order valence-electron chi connectivity index (χ2n) is 1.15. The third-order valence-electron chi connectivity index (χ3n) is 0.570. The van der Waals surface area contributed by atoms with E-state index in [0.29, 0.717) is 7.68 Å². The van der Waals surface area contributed by atoms with Crippen LogP contribution in [0.4, 0.5) is 0 Å². The average molecular weight is 345 g/mol. The van der Waals surface area contributed by atoms with Gasteiger partial charge in [-0.1, -0.05) is 0 Å². The molecule has 0 spiro atoms. The maximum Gasteiger partial charge on any atom is 0.201 e. The molecule has 0 saturated carbocycles. The van der Waals surface area contributed by atoms with Gasteiger partial charge in [0, 0.05) is 51.1 Å². The van der Waals surface area contributed by atoms with Crippen molar-refractivity contribution < 1.29 is 0 Å². The average Bonchev–Trinajstić information content (AvgIpc) is 1.93. The summed E-state index contributed by atoms with van der Waals surface area (Å²) in [5.74, 6) is 2.60. The van der Waals surface area contributed by atoms with Crippen LogP contribution in [0, 0.1) is 0 Å². The molecule has 3 nitrogen and oxygen atoms in total. The molecule has 1 aliphatic rings. The van der Waals surface area contributed by atoms with Crippen molar-refractivity contribution in [3.05, 3.63) is 6.20 Å². The number of nitrogens with zero attached hydrogens (tertiary/aromatic N) is 3. The molecule has 0 saturated heterocycles. The molecule has 9 heavy (non-hydrogen) atoms. The van der Waals surface area contributed by atoms with Crippen LogP contribution in [-0.2, 0) is 0 Å². The Kier molecular flexibility index (Phi) is 2.80. The van der Waals surface area contributed by atoms with E-state index in [0.717, 1.165) is 0 Å². The number of rotatable bonds is 0. The number of hydrogen-bond acceptors (Lipinski definition) is 3. The quantitative estimate of drug-likeness (QED) is 0.474. The van der Waals surface area contributed by atoms with Gasteiger partial charge in [0.1, 0.15) is 0 Å². The van der Waals surface area contributed by atoms with Crippen LogP contribution in [0.3, 0.4) is 0 Å². The van der Waals surface area contributed by atoms with Crippen molar-refractivity contribution in [1.82, 2.24) is 0 Å². The van der Waals surface area contributed by atoms with Crippen LogP contribution in [0.2, 0.25) is 0 Å². The first-order valence-electron chi connectivity index (χ1n) is 2.04. The largest absolute Gasteiger partial charge is 0.221 e. The van der Waals surface area contributed by atoms with E-state index in [-0.39, 0.29) is 0 Å². The molecule has 0 aromatic rings. The van der Waals surface area contributed by atoms with Gasteiger partial charge in [0.05, 0.1) is 6.20 Å². The zero-order valence-corrected chi connectivity index (χ0v) is 8.49. The highest BCUT2D eigenvalue weighted by atomic mass is 127. The summed E-state index contributed by atoms with van der Waals surface area (Å²) in [6.07, 6.45) is 1.50. The molecule has 0 amide bonds. The lowest BCUT2D eigenvalue weighted by Gasteiger charge is -1.81. The van der Waals surface area contributed by atoms with E-state index >= 15 is 0 Å². The van der Waals surface area contributed by atoms with Crippen molar-refractivity contribution in [3.63, 3.8) is 0 Å². The SMILES string of the molecule is IC1=NC=C=NC(I)=N1. The standard InChI is InChI=1S/C4HI2N3/c5-3-7-1-2-8-4(6)9-3/h1H. The highest BCUT2D eigenvalue weighted by Gasteiger charge is 1.92. The Morgan fingerprint density at radius 1 is 1.33 bits per heavy atom. The Hall–Kier alpha value is 0.250. The summed E-state index contributed by atoms with van der Waals surface area (Å²) in [5, 5.41) is 0. The molecule has 1 rings (SSSR count). The van der Waals surface area contributed by atoms with Gasteiger partial charge in [-0.05, 0) is 0 Å². The third-order valence-corrected chi connectivity index (χ3v) is 1.57. The van der Waals surface area contributed by atoms with Crippen LogP contribution in [0.1, 0.15) is 0 Å². The fraction of sp³-hybridized carbons (Fsp3) is 0. The number of amidine groups is 2. The summed E-state index contributed by atoms with van der Waals surface area (Å²) < 4.78 is 1.35. The van der Waals surface area contributed by atoms with Crippen LogP contribution in [0.15, 0.2) is 21.2 Å². The summed E-state index contributed by atoms with van der Waals surface area (Å²) in [7, 11) is 0. The van der Waals surface area contributed by atoms with Crippen molar-refractivity contribution in [2.75, 3.05) is 0 Å². The summed E-state index contributed by atoms with van der Waals surface area (Å²) in [6.45, 7) is 0. The fourth-order valence-electron chi connectivity index (χ4n) is 0.294. The minimum Gasteiger partial charge on any atom is -0.221 e. The van der Waals surface area contributed by atoms with E-state index in [2.05, 4.69) is 20.8 Å². The van der Waals surface area contributed by atoms with Gasteiger partial charge in [-0.15, -0.1) is 0 Å². The predicted molar refractivity (Wildman–Crippen MR) is 54.9 cm³/mol. The Morgan fingerprint density at radius 2 is 2.11 bits per heavy atom. The monoisotopic (exact) mass is 345 g/mol. The zero-order valence-electron chi connectivity index (χ0n) is 4.17. The maximum atomic E-state index is 3.96. The summed E-state index contributed by atoms with van der Waals surface area (Å²) in [6, 6.07) is 0. The lowest BCUT2D eigenvalue weighted by molar-refractivity contribution is 1.59. The fourth-order valence-corrected chi connectivity index (χ4v) is 1.49. The molecular formula is C4HI2N3. The van der Waals surface area contributed by atoms with E-state index in [1.807, 2.05) is 45.2 Å². The second kappa shape index (κ2) is 3.43. The van der Waals surface area contributed by atoms with E-state index in [1.54, 1.807) is 0 Å². The highest BCUT2D eigenvalue weighted by molar-refractivity contribution is 14.1. The molecule has 46 valence electrons. The Morgan fingerprint density at radius 3 is 2.89 bits per heavy atom. The molecule has 1 heterocycles.